The van der Waals surface area contributed by atoms with Gasteiger partial charge in [-0.25, -0.2) is 0 Å². The first-order valence-electron chi connectivity index (χ1n) is 28.4. The number of hydrogen-bond acceptors (Lipinski definition) is 5. The van der Waals surface area contributed by atoms with Crippen LogP contribution in [-0.2, 0) is 14.3 Å². The van der Waals surface area contributed by atoms with Gasteiger partial charge in [-0.15, -0.1) is 0 Å². The van der Waals surface area contributed by atoms with Crippen LogP contribution in [0.15, 0.2) is 12.2 Å². The second-order valence-electron chi connectivity index (χ2n) is 19.7. The van der Waals surface area contributed by atoms with E-state index in [-0.39, 0.29) is 24.9 Å². The normalized spacial score (nSPS) is 13.2. The Morgan fingerprint density at radius 3 is 1.13 bits per heavy atom. The van der Waals surface area contributed by atoms with E-state index in [1.54, 1.807) is 0 Å². The van der Waals surface area contributed by atoms with Crippen molar-refractivity contribution in [3.05, 3.63) is 12.2 Å². The number of carbonyl (C=O) groups is 2. The fraction of sp³-hybridized carbons (Fsp3) is 0.930. The number of hydrogen-bond donors (Lipinski definition) is 3. The molecule has 63 heavy (non-hydrogen) atoms. The zero-order chi connectivity index (χ0) is 45.9. The lowest BCUT2D eigenvalue weighted by Crippen LogP contribution is -2.46. The van der Waals surface area contributed by atoms with Gasteiger partial charge in [0, 0.05) is 6.42 Å². The molecule has 374 valence electrons. The Labute approximate surface area is 393 Å². The lowest BCUT2D eigenvalue weighted by atomic mass is 10.0. The van der Waals surface area contributed by atoms with Gasteiger partial charge in [-0.3, -0.25) is 9.59 Å². The van der Waals surface area contributed by atoms with Crippen molar-refractivity contribution in [2.45, 2.75) is 334 Å². The Bertz CT molecular complexity index is 955. The molecule has 3 atom stereocenters. The smallest absolute Gasteiger partial charge is 0.306 e. The zero-order valence-electron chi connectivity index (χ0n) is 42.7. The van der Waals surface area contributed by atoms with Crippen molar-refractivity contribution in [3.63, 3.8) is 0 Å². The Balaban J connectivity index is 4.47. The Kier molecular flexibility index (Phi) is 50.4. The summed E-state index contributed by atoms with van der Waals surface area (Å²) in [7, 11) is 0. The molecule has 0 aromatic rings. The molecule has 0 bridgehead atoms. The van der Waals surface area contributed by atoms with Gasteiger partial charge in [-0.2, -0.15) is 0 Å². The van der Waals surface area contributed by atoms with E-state index >= 15 is 0 Å². The van der Waals surface area contributed by atoms with Gasteiger partial charge in [0.05, 0.1) is 25.2 Å². The number of rotatable bonds is 52. The summed E-state index contributed by atoms with van der Waals surface area (Å²) in [5, 5.41) is 23.8. The molecule has 6 nitrogen and oxygen atoms in total. The Morgan fingerprint density at radius 2 is 0.762 bits per heavy atom. The van der Waals surface area contributed by atoms with Gasteiger partial charge in [0.1, 0.15) is 6.10 Å². The van der Waals surface area contributed by atoms with Gasteiger partial charge >= 0.3 is 5.97 Å². The fourth-order valence-corrected chi connectivity index (χ4v) is 9.02. The van der Waals surface area contributed by atoms with Crippen LogP contribution in [0.3, 0.4) is 0 Å². The molecule has 0 rings (SSSR count). The molecule has 1 amide bonds. The summed E-state index contributed by atoms with van der Waals surface area (Å²) >= 11 is 0. The number of aliphatic hydroxyl groups excluding tert-OH is 2. The van der Waals surface area contributed by atoms with Crippen LogP contribution in [0.1, 0.15) is 316 Å². The first-order chi connectivity index (χ1) is 31.0. The van der Waals surface area contributed by atoms with E-state index in [9.17, 15) is 19.8 Å². The van der Waals surface area contributed by atoms with E-state index in [4.69, 9.17) is 4.74 Å². The van der Waals surface area contributed by atoms with Crippen molar-refractivity contribution >= 4 is 11.9 Å². The zero-order valence-corrected chi connectivity index (χ0v) is 42.7. The Morgan fingerprint density at radius 1 is 0.444 bits per heavy atom. The molecule has 0 aromatic heterocycles. The molecule has 0 heterocycles. The maximum atomic E-state index is 13.2. The molecular weight excluding hydrogens is 779 g/mol. The molecule has 6 heteroatoms. The fourth-order valence-electron chi connectivity index (χ4n) is 9.02. The third-order valence-corrected chi connectivity index (χ3v) is 13.3. The standard InChI is InChI=1S/C57H111NO5/c1-4-7-10-13-16-19-22-25-27-28-29-30-32-35-38-41-44-47-50-57(62)63-53(48-45-42-39-36-33-24-21-18-15-12-9-6-3)51-56(61)58-54(52-59)55(60)49-46-43-40-37-34-31-26-23-20-17-14-11-8-5-2/h29-30,53-55,59-60H,4-28,31-52H2,1-3H3,(H,58,61)/b30-29+. The molecule has 0 aliphatic heterocycles. The van der Waals surface area contributed by atoms with E-state index in [0.717, 1.165) is 51.4 Å². The topological polar surface area (TPSA) is 95.9 Å². The largest absolute Gasteiger partial charge is 0.462 e. The number of nitrogens with one attached hydrogen (secondary N) is 1. The van der Waals surface area contributed by atoms with Gasteiger partial charge in [-0.05, 0) is 51.4 Å². The lowest BCUT2D eigenvalue weighted by molar-refractivity contribution is -0.151. The van der Waals surface area contributed by atoms with Crippen LogP contribution in [-0.4, -0.2) is 46.9 Å². The number of aliphatic hydroxyl groups is 2. The average Bonchev–Trinajstić information content (AvgIpc) is 3.28. The van der Waals surface area contributed by atoms with Gasteiger partial charge in [-0.1, -0.05) is 264 Å². The van der Waals surface area contributed by atoms with E-state index in [2.05, 4.69) is 38.2 Å². The Hall–Kier alpha value is -1.40. The highest BCUT2D eigenvalue weighted by atomic mass is 16.5. The van der Waals surface area contributed by atoms with Crippen molar-refractivity contribution in [2.24, 2.45) is 0 Å². The van der Waals surface area contributed by atoms with Crippen molar-refractivity contribution in [3.8, 4) is 0 Å². The highest BCUT2D eigenvalue weighted by Gasteiger charge is 2.24. The third-order valence-electron chi connectivity index (χ3n) is 13.3. The van der Waals surface area contributed by atoms with E-state index in [1.165, 1.54) is 218 Å². The SMILES string of the molecule is CCCCCCCCCCC/C=C/CCCCCCCC(=O)OC(CCCCCCCCCCCCCC)CC(=O)NC(CO)C(O)CCCCCCCCCCCCCCCC. The maximum Gasteiger partial charge on any atom is 0.306 e. The van der Waals surface area contributed by atoms with Crippen LogP contribution in [0.25, 0.3) is 0 Å². The first-order valence-corrected chi connectivity index (χ1v) is 28.4. The summed E-state index contributed by atoms with van der Waals surface area (Å²) in [6.07, 6.45) is 58.5. The van der Waals surface area contributed by atoms with Crippen molar-refractivity contribution < 1.29 is 24.5 Å². The summed E-state index contributed by atoms with van der Waals surface area (Å²) in [5.41, 5.74) is 0. The highest BCUT2D eigenvalue weighted by Crippen LogP contribution is 2.19. The lowest BCUT2D eigenvalue weighted by Gasteiger charge is -2.24. The molecule has 0 saturated carbocycles. The predicted octanol–water partition coefficient (Wildman–Crippen LogP) is 17.3. The van der Waals surface area contributed by atoms with E-state index < -0.39 is 18.2 Å². The summed E-state index contributed by atoms with van der Waals surface area (Å²) in [4.78, 5) is 26.2. The summed E-state index contributed by atoms with van der Waals surface area (Å²) < 4.78 is 5.95. The highest BCUT2D eigenvalue weighted by molar-refractivity contribution is 5.77. The number of esters is 1. The molecule has 0 aliphatic carbocycles. The third kappa shape index (κ3) is 46.9. The number of allylic oxidation sites excluding steroid dienone is 2. The molecule has 0 saturated heterocycles. The maximum absolute atomic E-state index is 13.2. The first kappa shape index (κ1) is 61.6. The van der Waals surface area contributed by atoms with Crippen LogP contribution in [0.5, 0.6) is 0 Å². The second-order valence-corrected chi connectivity index (χ2v) is 19.7. The van der Waals surface area contributed by atoms with Crippen LogP contribution < -0.4 is 5.32 Å². The van der Waals surface area contributed by atoms with Crippen LogP contribution in [0.2, 0.25) is 0 Å². The summed E-state index contributed by atoms with van der Waals surface area (Å²) in [5.74, 6) is -0.462. The van der Waals surface area contributed by atoms with E-state index in [0.29, 0.717) is 19.3 Å². The number of carbonyl (C=O) groups excluding carboxylic acids is 2. The molecule has 0 aliphatic rings. The minimum Gasteiger partial charge on any atom is -0.462 e. The van der Waals surface area contributed by atoms with Crippen LogP contribution in [0.4, 0.5) is 0 Å². The quantitative estimate of drug-likeness (QED) is 0.0321. The van der Waals surface area contributed by atoms with Crippen LogP contribution >= 0.6 is 0 Å². The minimum atomic E-state index is -0.783. The second kappa shape index (κ2) is 51.6. The number of unbranched alkanes of at least 4 members (excludes halogenated alkanes) is 38. The molecule has 0 radical (unpaired) electrons. The number of ether oxygens (including phenoxy) is 1. The van der Waals surface area contributed by atoms with Crippen LogP contribution in [0, 0.1) is 0 Å². The van der Waals surface area contributed by atoms with Gasteiger partial charge in [0.2, 0.25) is 5.91 Å². The monoisotopic (exact) mass is 890 g/mol. The average molecular weight is 891 g/mol. The molecule has 3 N–H and O–H groups in total. The van der Waals surface area contributed by atoms with Crippen molar-refractivity contribution in [2.75, 3.05) is 6.61 Å². The van der Waals surface area contributed by atoms with E-state index in [1.807, 2.05) is 0 Å². The summed E-state index contributed by atoms with van der Waals surface area (Å²) in [6.45, 7) is 6.52. The van der Waals surface area contributed by atoms with Crippen molar-refractivity contribution in [1.82, 2.24) is 5.32 Å². The van der Waals surface area contributed by atoms with Gasteiger partial charge < -0.3 is 20.3 Å². The predicted molar refractivity (Wildman–Crippen MR) is 273 cm³/mol. The van der Waals surface area contributed by atoms with Gasteiger partial charge in [0.15, 0.2) is 0 Å². The molecule has 0 aromatic carbocycles. The molecule has 0 spiro atoms. The minimum absolute atomic E-state index is 0.0818. The molecule has 0 fully saturated rings. The summed E-state index contributed by atoms with van der Waals surface area (Å²) in [6, 6.07) is -0.697. The molecular formula is C57H111NO5. The molecule has 3 unspecified atom stereocenters. The number of amides is 1. The van der Waals surface area contributed by atoms with Crippen molar-refractivity contribution in [1.29, 1.82) is 0 Å². The van der Waals surface area contributed by atoms with Gasteiger partial charge in [0.25, 0.3) is 0 Å².